The Balaban J connectivity index is 0.00000167. The van der Waals surface area contributed by atoms with Crippen LogP contribution in [-0.2, 0) is 17.0 Å². The van der Waals surface area contributed by atoms with Crippen LogP contribution in [0.3, 0.4) is 0 Å². The summed E-state index contributed by atoms with van der Waals surface area (Å²) in [5.41, 5.74) is 1.41. The summed E-state index contributed by atoms with van der Waals surface area (Å²) in [6, 6.07) is 12.4. The number of halogens is 2. The Morgan fingerprint density at radius 3 is 2.54 bits per heavy atom. The van der Waals surface area contributed by atoms with Gasteiger partial charge in [0.15, 0.2) is 10.9 Å². The average molecular weight is 498 g/mol. The van der Waals surface area contributed by atoms with E-state index >= 15 is 0 Å². The summed E-state index contributed by atoms with van der Waals surface area (Å²) in [4.78, 5) is 27.8. The summed E-state index contributed by atoms with van der Waals surface area (Å²) in [6.45, 7) is 7.19. The molecule has 0 N–H and O–H groups in total. The first-order valence-electron chi connectivity index (χ1n) is 11.1. The number of ether oxygens (including phenoxy) is 1. The van der Waals surface area contributed by atoms with Crippen molar-refractivity contribution in [2.24, 2.45) is 0 Å². The molecule has 2 aromatic heterocycles. The first kappa shape index (κ1) is 26.1. The Labute approximate surface area is 206 Å². The molecule has 2 heterocycles. The third-order valence-electron chi connectivity index (χ3n) is 5.15. The summed E-state index contributed by atoms with van der Waals surface area (Å²) in [6.07, 6.45) is 1.45. The largest absolute Gasteiger partial charge is 0.436 e. The van der Waals surface area contributed by atoms with E-state index in [4.69, 9.17) is 9.15 Å². The van der Waals surface area contributed by atoms with E-state index in [2.05, 4.69) is 4.98 Å². The number of aryl methyl sites for hydroxylation is 1. The molecule has 0 bridgehead atoms. The standard InChI is InChI=1S/C25H19F2NO4S.C2H6/c1-14-19-9-8-18(31-24-21(26)7-4-10-28-24)12-22(19)32-25(30)20(14)11-16-5-3-6-17(23(16)27)13-33-15(2)29;1-2/h3-10,12H,11,13H2,1-2H3;1-2H3. The zero-order valence-corrected chi connectivity index (χ0v) is 20.7. The van der Waals surface area contributed by atoms with E-state index < -0.39 is 17.3 Å². The fourth-order valence-electron chi connectivity index (χ4n) is 3.45. The second-order valence-electron chi connectivity index (χ2n) is 7.39. The van der Waals surface area contributed by atoms with Crippen LogP contribution in [-0.4, -0.2) is 10.1 Å². The summed E-state index contributed by atoms with van der Waals surface area (Å²) in [5.74, 6) is -0.759. The quantitative estimate of drug-likeness (QED) is 0.268. The van der Waals surface area contributed by atoms with Crippen LogP contribution in [0.1, 0.15) is 43.0 Å². The monoisotopic (exact) mass is 497 g/mol. The molecule has 8 heteroatoms. The van der Waals surface area contributed by atoms with Gasteiger partial charge in [-0.05, 0) is 47.9 Å². The van der Waals surface area contributed by atoms with Crippen LogP contribution in [0.25, 0.3) is 11.0 Å². The lowest BCUT2D eigenvalue weighted by Crippen LogP contribution is -2.12. The zero-order chi connectivity index (χ0) is 25.5. The van der Waals surface area contributed by atoms with Crippen LogP contribution in [0, 0.1) is 18.6 Å². The van der Waals surface area contributed by atoms with Gasteiger partial charge in [0.2, 0.25) is 0 Å². The number of thioether (sulfide) groups is 1. The van der Waals surface area contributed by atoms with Crippen LogP contribution in [0.5, 0.6) is 11.6 Å². The lowest BCUT2D eigenvalue weighted by molar-refractivity contribution is -0.109. The van der Waals surface area contributed by atoms with Crippen LogP contribution < -0.4 is 10.4 Å². The van der Waals surface area contributed by atoms with Crippen molar-refractivity contribution in [2.75, 3.05) is 0 Å². The van der Waals surface area contributed by atoms with Gasteiger partial charge in [-0.2, -0.15) is 0 Å². The zero-order valence-electron chi connectivity index (χ0n) is 19.9. The molecule has 5 nitrogen and oxygen atoms in total. The highest BCUT2D eigenvalue weighted by atomic mass is 32.2. The minimum Gasteiger partial charge on any atom is -0.436 e. The summed E-state index contributed by atoms with van der Waals surface area (Å²) < 4.78 is 39.7. The average Bonchev–Trinajstić information content (AvgIpc) is 2.84. The van der Waals surface area contributed by atoms with Crippen molar-refractivity contribution in [2.45, 2.75) is 39.9 Å². The number of rotatable bonds is 6. The van der Waals surface area contributed by atoms with Gasteiger partial charge in [0, 0.05) is 42.3 Å². The molecule has 0 aliphatic rings. The first-order chi connectivity index (χ1) is 16.8. The number of aromatic nitrogens is 1. The molecule has 4 rings (SSSR count). The van der Waals surface area contributed by atoms with Crippen LogP contribution in [0.2, 0.25) is 0 Å². The number of carbonyl (C=O) groups excluding carboxylic acids is 1. The predicted octanol–water partition coefficient (Wildman–Crippen LogP) is 6.96. The molecule has 0 aliphatic carbocycles. The fraction of sp³-hybridized carbons (Fsp3) is 0.222. The maximum atomic E-state index is 15.0. The van der Waals surface area contributed by atoms with Crippen molar-refractivity contribution in [3.8, 4) is 11.6 Å². The highest BCUT2D eigenvalue weighted by Gasteiger charge is 2.17. The molecule has 182 valence electrons. The van der Waals surface area contributed by atoms with Crippen molar-refractivity contribution in [3.05, 3.63) is 99.0 Å². The van der Waals surface area contributed by atoms with Crippen LogP contribution in [0.4, 0.5) is 8.78 Å². The number of nitrogens with zero attached hydrogens (tertiary/aromatic N) is 1. The Morgan fingerprint density at radius 2 is 1.83 bits per heavy atom. The van der Waals surface area contributed by atoms with Gasteiger partial charge in [-0.15, -0.1) is 0 Å². The molecule has 0 saturated heterocycles. The molecular formula is C27H25F2NO4S. The van der Waals surface area contributed by atoms with E-state index in [1.165, 1.54) is 31.3 Å². The molecule has 0 unspecified atom stereocenters. The van der Waals surface area contributed by atoms with Gasteiger partial charge in [-0.3, -0.25) is 4.79 Å². The molecule has 0 saturated carbocycles. The Kier molecular flexibility index (Phi) is 8.76. The van der Waals surface area contributed by atoms with E-state index in [0.717, 1.165) is 11.8 Å². The van der Waals surface area contributed by atoms with E-state index in [9.17, 15) is 18.4 Å². The number of hydrogen-bond acceptors (Lipinski definition) is 6. The summed E-state index contributed by atoms with van der Waals surface area (Å²) in [5, 5.41) is 0.557. The topological polar surface area (TPSA) is 69.4 Å². The van der Waals surface area contributed by atoms with Crippen LogP contribution >= 0.6 is 11.8 Å². The van der Waals surface area contributed by atoms with Gasteiger partial charge in [-0.25, -0.2) is 18.6 Å². The van der Waals surface area contributed by atoms with Gasteiger partial charge < -0.3 is 9.15 Å². The summed E-state index contributed by atoms with van der Waals surface area (Å²) in [7, 11) is 0. The van der Waals surface area contributed by atoms with E-state index in [-0.39, 0.29) is 34.5 Å². The highest BCUT2D eigenvalue weighted by Crippen LogP contribution is 2.29. The van der Waals surface area contributed by atoms with Crippen molar-refractivity contribution >= 4 is 27.8 Å². The molecule has 0 radical (unpaired) electrons. The molecule has 0 atom stereocenters. The molecule has 0 spiro atoms. The van der Waals surface area contributed by atoms with Crippen molar-refractivity contribution in [1.29, 1.82) is 0 Å². The number of hydrogen-bond donors (Lipinski definition) is 0. The molecule has 35 heavy (non-hydrogen) atoms. The molecule has 0 fully saturated rings. The van der Waals surface area contributed by atoms with Crippen LogP contribution in [0.15, 0.2) is 63.9 Å². The lowest BCUT2D eigenvalue weighted by Gasteiger charge is -2.11. The third-order valence-corrected chi connectivity index (χ3v) is 6.02. The molecule has 2 aromatic carbocycles. The smallest absolute Gasteiger partial charge is 0.340 e. The van der Waals surface area contributed by atoms with Gasteiger partial charge in [0.25, 0.3) is 5.88 Å². The second-order valence-corrected chi connectivity index (χ2v) is 8.54. The first-order valence-corrected chi connectivity index (χ1v) is 12.1. The van der Waals surface area contributed by atoms with Gasteiger partial charge >= 0.3 is 5.63 Å². The lowest BCUT2D eigenvalue weighted by atomic mass is 9.98. The Hall–Kier alpha value is -3.52. The Morgan fingerprint density at radius 1 is 1.09 bits per heavy atom. The SMILES string of the molecule is CC.CC(=O)SCc1cccc(Cc2c(C)c3ccc(Oc4ncccc4F)cc3oc2=O)c1F. The van der Waals surface area contributed by atoms with Crippen molar-refractivity contribution in [3.63, 3.8) is 0 Å². The number of pyridine rings is 1. The summed E-state index contributed by atoms with van der Waals surface area (Å²) >= 11 is 1.03. The number of benzene rings is 2. The maximum Gasteiger partial charge on any atom is 0.340 e. The normalized spacial score (nSPS) is 10.6. The van der Waals surface area contributed by atoms with Gasteiger partial charge in [-0.1, -0.05) is 43.8 Å². The molecule has 4 aromatic rings. The maximum absolute atomic E-state index is 15.0. The number of carbonyl (C=O) groups is 1. The van der Waals surface area contributed by atoms with Crippen molar-refractivity contribution < 1.29 is 22.7 Å². The van der Waals surface area contributed by atoms with E-state index in [1.807, 2.05) is 13.8 Å². The van der Waals surface area contributed by atoms with Gasteiger partial charge in [0.05, 0.1) is 0 Å². The molecular weight excluding hydrogens is 472 g/mol. The molecule has 0 aliphatic heterocycles. The fourth-order valence-corrected chi connectivity index (χ4v) is 4.03. The van der Waals surface area contributed by atoms with E-state index in [0.29, 0.717) is 27.6 Å². The highest BCUT2D eigenvalue weighted by molar-refractivity contribution is 8.12. The third kappa shape index (κ3) is 6.14. The Bertz CT molecular complexity index is 1420. The number of fused-ring (bicyclic) bond motifs is 1. The predicted molar refractivity (Wildman–Crippen MR) is 134 cm³/mol. The van der Waals surface area contributed by atoms with Crippen molar-refractivity contribution in [1.82, 2.24) is 4.98 Å². The van der Waals surface area contributed by atoms with Gasteiger partial charge in [0.1, 0.15) is 17.1 Å². The second kappa shape index (κ2) is 11.8. The van der Waals surface area contributed by atoms with E-state index in [1.54, 1.807) is 37.3 Å². The minimum atomic E-state index is -0.614. The minimum absolute atomic E-state index is 0.0475. The molecule has 0 amide bonds.